The monoisotopic (exact) mass is 208 g/mol. The third-order valence-corrected chi connectivity index (χ3v) is 3.10. The standard InChI is InChI=1S/C12H13FO2/c1-8(14)12(5-6-12)10-4-3-9(13)7-11(10)15-2/h3-4,7H,5-6H2,1-2H3. The van der Waals surface area contributed by atoms with Gasteiger partial charge in [-0.3, -0.25) is 4.79 Å². The highest BCUT2D eigenvalue weighted by atomic mass is 19.1. The fourth-order valence-electron chi connectivity index (χ4n) is 2.00. The molecule has 0 atom stereocenters. The van der Waals surface area contributed by atoms with Gasteiger partial charge < -0.3 is 4.74 Å². The highest BCUT2D eigenvalue weighted by Crippen LogP contribution is 2.51. The number of Topliss-reactive ketones (excluding diaryl/α,β-unsaturated/α-hetero) is 1. The Balaban J connectivity index is 2.48. The van der Waals surface area contributed by atoms with Gasteiger partial charge in [0.2, 0.25) is 0 Å². The van der Waals surface area contributed by atoms with Gasteiger partial charge in [-0.15, -0.1) is 0 Å². The third-order valence-electron chi connectivity index (χ3n) is 3.10. The second kappa shape index (κ2) is 3.33. The van der Waals surface area contributed by atoms with Crippen LogP contribution in [0, 0.1) is 5.82 Å². The van der Waals surface area contributed by atoms with Crippen LogP contribution >= 0.6 is 0 Å². The summed E-state index contributed by atoms with van der Waals surface area (Å²) in [6, 6.07) is 4.36. The number of ketones is 1. The normalized spacial score (nSPS) is 17.3. The first-order valence-electron chi connectivity index (χ1n) is 4.95. The molecule has 1 aliphatic carbocycles. The van der Waals surface area contributed by atoms with E-state index in [2.05, 4.69) is 0 Å². The highest BCUT2D eigenvalue weighted by Gasteiger charge is 2.50. The lowest BCUT2D eigenvalue weighted by Crippen LogP contribution is -2.18. The molecule has 1 saturated carbocycles. The van der Waals surface area contributed by atoms with Crippen molar-refractivity contribution >= 4 is 5.78 Å². The third kappa shape index (κ3) is 1.52. The summed E-state index contributed by atoms with van der Waals surface area (Å²) in [6.45, 7) is 1.58. The molecule has 1 aliphatic rings. The first kappa shape index (κ1) is 10.1. The van der Waals surface area contributed by atoms with Crippen molar-refractivity contribution < 1.29 is 13.9 Å². The quantitative estimate of drug-likeness (QED) is 0.762. The summed E-state index contributed by atoms with van der Waals surface area (Å²) in [5.41, 5.74) is 0.415. The van der Waals surface area contributed by atoms with Gasteiger partial charge in [-0.1, -0.05) is 6.07 Å². The smallest absolute Gasteiger partial charge is 0.140 e. The van der Waals surface area contributed by atoms with Crippen LogP contribution in [0.1, 0.15) is 25.3 Å². The molecule has 0 heterocycles. The maximum Gasteiger partial charge on any atom is 0.140 e. The number of hydrogen-bond donors (Lipinski definition) is 0. The van der Waals surface area contributed by atoms with E-state index >= 15 is 0 Å². The van der Waals surface area contributed by atoms with E-state index in [1.54, 1.807) is 13.0 Å². The molecule has 0 spiro atoms. The van der Waals surface area contributed by atoms with Crippen molar-refractivity contribution in [3.05, 3.63) is 29.6 Å². The molecule has 0 bridgehead atoms. The van der Waals surface area contributed by atoms with E-state index in [1.807, 2.05) is 0 Å². The molecule has 0 aliphatic heterocycles. The largest absolute Gasteiger partial charge is 0.496 e. The van der Waals surface area contributed by atoms with Gasteiger partial charge in [0.1, 0.15) is 17.3 Å². The SMILES string of the molecule is COc1cc(F)ccc1C1(C(C)=O)CC1. The predicted octanol–water partition coefficient (Wildman–Crippen LogP) is 2.45. The second-order valence-electron chi connectivity index (χ2n) is 3.98. The first-order valence-corrected chi connectivity index (χ1v) is 4.95. The van der Waals surface area contributed by atoms with Crippen molar-refractivity contribution in [1.82, 2.24) is 0 Å². The molecule has 3 heteroatoms. The lowest BCUT2D eigenvalue weighted by molar-refractivity contribution is -0.119. The number of hydrogen-bond acceptors (Lipinski definition) is 2. The van der Waals surface area contributed by atoms with Gasteiger partial charge in [-0.05, 0) is 25.8 Å². The van der Waals surface area contributed by atoms with Crippen LogP contribution in [0.4, 0.5) is 4.39 Å². The molecule has 0 N–H and O–H groups in total. The minimum Gasteiger partial charge on any atom is -0.496 e. The van der Waals surface area contributed by atoms with Crippen molar-refractivity contribution in [2.75, 3.05) is 7.11 Å². The van der Waals surface area contributed by atoms with Gasteiger partial charge in [-0.2, -0.15) is 0 Å². The van der Waals surface area contributed by atoms with Gasteiger partial charge in [0.25, 0.3) is 0 Å². The zero-order valence-corrected chi connectivity index (χ0v) is 8.84. The van der Waals surface area contributed by atoms with Crippen LogP contribution < -0.4 is 4.74 Å². The van der Waals surface area contributed by atoms with Crippen molar-refractivity contribution in [3.8, 4) is 5.75 Å². The number of benzene rings is 1. The Morgan fingerprint density at radius 1 is 1.47 bits per heavy atom. The van der Waals surface area contributed by atoms with Crippen LogP contribution in [-0.4, -0.2) is 12.9 Å². The van der Waals surface area contributed by atoms with Crippen molar-refractivity contribution in [2.24, 2.45) is 0 Å². The molecule has 1 fully saturated rings. The van der Waals surface area contributed by atoms with E-state index in [4.69, 9.17) is 4.74 Å². The molecule has 2 rings (SSSR count). The molecule has 80 valence electrons. The van der Waals surface area contributed by atoms with Gasteiger partial charge in [0.05, 0.1) is 12.5 Å². The molecule has 0 saturated heterocycles. The lowest BCUT2D eigenvalue weighted by atomic mass is 9.91. The molecule has 1 aromatic carbocycles. The summed E-state index contributed by atoms with van der Waals surface area (Å²) in [4.78, 5) is 11.5. The molecular weight excluding hydrogens is 195 g/mol. The highest BCUT2D eigenvalue weighted by molar-refractivity contribution is 5.91. The Hall–Kier alpha value is -1.38. The minimum atomic E-state index is -0.404. The summed E-state index contributed by atoms with van der Waals surface area (Å²) in [5.74, 6) is 0.269. The number of carbonyl (C=O) groups is 1. The topological polar surface area (TPSA) is 26.3 Å². The molecule has 0 amide bonds. The van der Waals surface area contributed by atoms with E-state index < -0.39 is 5.41 Å². The van der Waals surface area contributed by atoms with Crippen molar-refractivity contribution in [3.63, 3.8) is 0 Å². The van der Waals surface area contributed by atoms with Gasteiger partial charge in [-0.25, -0.2) is 4.39 Å². The van der Waals surface area contributed by atoms with Crippen LogP contribution in [0.5, 0.6) is 5.75 Å². The fraction of sp³-hybridized carbons (Fsp3) is 0.417. The number of rotatable bonds is 3. The van der Waals surface area contributed by atoms with E-state index in [9.17, 15) is 9.18 Å². The lowest BCUT2D eigenvalue weighted by Gasteiger charge is -2.15. The number of halogens is 1. The van der Waals surface area contributed by atoms with E-state index in [1.165, 1.54) is 19.2 Å². The molecule has 0 aromatic heterocycles. The predicted molar refractivity (Wildman–Crippen MR) is 54.5 cm³/mol. The Morgan fingerprint density at radius 2 is 2.13 bits per heavy atom. The minimum absolute atomic E-state index is 0.132. The molecule has 0 unspecified atom stereocenters. The molecule has 1 aromatic rings. The van der Waals surface area contributed by atoms with Crippen LogP contribution in [0.3, 0.4) is 0 Å². The second-order valence-corrected chi connectivity index (χ2v) is 3.98. The van der Waals surface area contributed by atoms with Crippen LogP contribution in [-0.2, 0) is 10.2 Å². The summed E-state index contributed by atoms with van der Waals surface area (Å²) in [5, 5.41) is 0. The van der Waals surface area contributed by atoms with Crippen molar-refractivity contribution in [2.45, 2.75) is 25.2 Å². The summed E-state index contributed by atoms with van der Waals surface area (Å²) in [6.07, 6.45) is 1.68. The zero-order chi connectivity index (χ0) is 11.1. The first-order chi connectivity index (χ1) is 7.10. The maximum absolute atomic E-state index is 13.0. The molecular formula is C12H13FO2. The summed E-state index contributed by atoms with van der Waals surface area (Å²) in [7, 11) is 1.49. The fourth-order valence-corrected chi connectivity index (χ4v) is 2.00. The van der Waals surface area contributed by atoms with Crippen molar-refractivity contribution in [1.29, 1.82) is 0 Å². The van der Waals surface area contributed by atoms with E-state index in [-0.39, 0.29) is 11.6 Å². The average molecular weight is 208 g/mol. The Labute approximate surface area is 88.1 Å². The average Bonchev–Trinajstić information content (AvgIpc) is 2.98. The van der Waals surface area contributed by atoms with Gasteiger partial charge in [0, 0.05) is 11.6 Å². The number of carbonyl (C=O) groups excluding carboxylic acids is 1. The zero-order valence-electron chi connectivity index (χ0n) is 8.84. The summed E-state index contributed by atoms with van der Waals surface area (Å²) < 4.78 is 18.1. The maximum atomic E-state index is 13.0. The Morgan fingerprint density at radius 3 is 2.60 bits per heavy atom. The van der Waals surface area contributed by atoms with E-state index in [0.717, 1.165) is 18.4 Å². The molecule has 2 nitrogen and oxygen atoms in total. The number of ether oxygens (including phenoxy) is 1. The van der Waals surface area contributed by atoms with Crippen LogP contribution in [0.2, 0.25) is 0 Å². The van der Waals surface area contributed by atoms with Crippen LogP contribution in [0.25, 0.3) is 0 Å². The van der Waals surface area contributed by atoms with Crippen LogP contribution in [0.15, 0.2) is 18.2 Å². The van der Waals surface area contributed by atoms with Gasteiger partial charge in [0.15, 0.2) is 0 Å². The number of methoxy groups -OCH3 is 1. The van der Waals surface area contributed by atoms with E-state index in [0.29, 0.717) is 5.75 Å². The Bertz CT molecular complexity index is 408. The summed E-state index contributed by atoms with van der Waals surface area (Å²) >= 11 is 0. The Kier molecular flexibility index (Phi) is 2.25. The molecule has 0 radical (unpaired) electrons. The molecule has 15 heavy (non-hydrogen) atoms. The van der Waals surface area contributed by atoms with Gasteiger partial charge >= 0.3 is 0 Å².